The molecule has 21 heavy (non-hydrogen) atoms. The van der Waals surface area contributed by atoms with Gasteiger partial charge in [-0.1, -0.05) is 6.07 Å². The smallest absolute Gasteiger partial charge is 0.254 e. The highest BCUT2D eigenvalue weighted by Gasteiger charge is 2.28. The molecule has 2 aromatic rings. The van der Waals surface area contributed by atoms with Gasteiger partial charge in [-0.2, -0.15) is 0 Å². The number of rotatable bonds is 4. The minimum atomic E-state index is 0.120. The molecule has 1 aliphatic heterocycles. The summed E-state index contributed by atoms with van der Waals surface area (Å²) >= 11 is 0. The maximum absolute atomic E-state index is 12.7. The number of carbonyl (C=O) groups excluding carboxylic acids is 1. The Balaban J connectivity index is 1.83. The third kappa shape index (κ3) is 2.83. The zero-order valence-electron chi connectivity index (χ0n) is 12.2. The Morgan fingerprint density at radius 1 is 1.48 bits per heavy atom. The first-order valence-electron chi connectivity index (χ1n) is 7.33. The van der Waals surface area contributed by atoms with Crippen molar-refractivity contribution in [3.8, 4) is 5.69 Å². The third-order valence-corrected chi connectivity index (χ3v) is 3.97. The zero-order valence-corrected chi connectivity index (χ0v) is 12.2. The van der Waals surface area contributed by atoms with Gasteiger partial charge in [0, 0.05) is 42.8 Å². The van der Waals surface area contributed by atoms with Crippen molar-refractivity contribution in [3.05, 3.63) is 48.5 Å². The molecule has 1 aromatic heterocycles. The Morgan fingerprint density at radius 2 is 2.38 bits per heavy atom. The van der Waals surface area contributed by atoms with Crippen LogP contribution < -0.4 is 5.32 Å². The van der Waals surface area contributed by atoms with Crippen molar-refractivity contribution in [1.82, 2.24) is 19.8 Å². The molecule has 0 bridgehead atoms. The van der Waals surface area contributed by atoms with Gasteiger partial charge in [-0.25, -0.2) is 4.98 Å². The number of amides is 1. The Labute approximate surface area is 124 Å². The fourth-order valence-corrected chi connectivity index (χ4v) is 2.93. The van der Waals surface area contributed by atoms with Gasteiger partial charge >= 0.3 is 0 Å². The van der Waals surface area contributed by atoms with Crippen molar-refractivity contribution < 1.29 is 4.79 Å². The molecule has 2 heterocycles. The van der Waals surface area contributed by atoms with E-state index < -0.39 is 0 Å². The third-order valence-electron chi connectivity index (χ3n) is 3.97. The molecule has 5 nitrogen and oxygen atoms in total. The highest BCUT2D eigenvalue weighted by Crippen LogP contribution is 2.20. The molecule has 0 aliphatic carbocycles. The largest absolute Gasteiger partial charge is 0.334 e. The molecule has 0 radical (unpaired) electrons. The number of hydrogen-bond donors (Lipinski definition) is 1. The first-order valence-corrected chi connectivity index (χ1v) is 7.33. The molecule has 110 valence electrons. The topological polar surface area (TPSA) is 50.2 Å². The summed E-state index contributed by atoms with van der Waals surface area (Å²) in [5.41, 5.74) is 1.70. The van der Waals surface area contributed by atoms with E-state index in [9.17, 15) is 4.79 Å². The lowest BCUT2D eigenvalue weighted by Crippen LogP contribution is -2.40. The van der Waals surface area contributed by atoms with Crippen LogP contribution in [-0.4, -0.2) is 46.5 Å². The van der Waals surface area contributed by atoms with Crippen LogP contribution in [-0.2, 0) is 0 Å². The minimum absolute atomic E-state index is 0.120. The summed E-state index contributed by atoms with van der Waals surface area (Å²) in [4.78, 5) is 18.8. The quantitative estimate of drug-likeness (QED) is 0.929. The van der Waals surface area contributed by atoms with E-state index in [-0.39, 0.29) is 5.91 Å². The standard InChI is InChI=1S/C16H20N4O/c1-17-11-15-6-3-8-20(15)16(21)13-4-2-5-14(10-13)19-9-7-18-12-19/h2,4-5,7,9-10,12,15,17H,3,6,8,11H2,1H3/t15-/m0/s1. The van der Waals surface area contributed by atoms with Gasteiger partial charge in [-0.15, -0.1) is 0 Å². The molecule has 1 aliphatic rings. The summed E-state index contributed by atoms with van der Waals surface area (Å²) in [6.45, 7) is 1.70. The SMILES string of the molecule is CNC[C@@H]1CCCN1C(=O)c1cccc(-n2ccnc2)c1. The molecule has 5 heteroatoms. The number of hydrogen-bond acceptors (Lipinski definition) is 3. The highest BCUT2D eigenvalue weighted by atomic mass is 16.2. The lowest BCUT2D eigenvalue weighted by atomic mass is 10.1. The number of nitrogens with one attached hydrogen (secondary N) is 1. The number of imidazole rings is 1. The zero-order chi connectivity index (χ0) is 14.7. The van der Waals surface area contributed by atoms with Crippen LogP contribution in [0.25, 0.3) is 5.69 Å². The number of carbonyl (C=O) groups is 1. The summed E-state index contributed by atoms with van der Waals surface area (Å²) < 4.78 is 1.91. The fourth-order valence-electron chi connectivity index (χ4n) is 2.93. The summed E-state index contributed by atoms with van der Waals surface area (Å²) in [6.07, 6.45) is 7.51. The Morgan fingerprint density at radius 3 is 3.14 bits per heavy atom. The minimum Gasteiger partial charge on any atom is -0.334 e. The first kappa shape index (κ1) is 13.8. The molecule has 0 saturated carbocycles. The van der Waals surface area contributed by atoms with Crippen molar-refractivity contribution in [3.63, 3.8) is 0 Å². The highest BCUT2D eigenvalue weighted by molar-refractivity contribution is 5.95. The van der Waals surface area contributed by atoms with Crippen molar-refractivity contribution in [2.75, 3.05) is 20.1 Å². The van der Waals surface area contributed by atoms with E-state index in [1.807, 2.05) is 47.0 Å². The van der Waals surface area contributed by atoms with Gasteiger partial charge in [0.25, 0.3) is 5.91 Å². The van der Waals surface area contributed by atoms with Gasteiger partial charge in [0.05, 0.1) is 6.33 Å². The van der Waals surface area contributed by atoms with Crippen LogP contribution in [0.3, 0.4) is 0 Å². The number of benzene rings is 1. The van der Waals surface area contributed by atoms with Gasteiger partial charge < -0.3 is 14.8 Å². The monoisotopic (exact) mass is 284 g/mol. The van der Waals surface area contributed by atoms with Crippen LogP contribution in [0.2, 0.25) is 0 Å². The lowest BCUT2D eigenvalue weighted by molar-refractivity contribution is 0.0737. The van der Waals surface area contributed by atoms with E-state index in [0.717, 1.165) is 37.2 Å². The summed E-state index contributed by atoms with van der Waals surface area (Å²) in [6, 6.07) is 8.02. The van der Waals surface area contributed by atoms with Crippen molar-refractivity contribution in [2.45, 2.75) is 18.9 Å². The normalized spacial score (nSPS) is 18.1. The summed E-state index contributed by atoms with van der Waals surface area (Å²) in [7, 11) is 1.93. The van der Waals surface area contributed by atoms with E-state index in [2.05, 4.69) is 10.3 Å². The molecule has 1 amide bonds. The number of likely N-dealkylation sites (N-methyl/N-ethyl adjacent to an activating group) is 1. The predicted molar refractivity (Wildman–Crippen MR) is 81.5 cm³/mol. The fraction of sp³-hybridized carbons (Fsp3) is 0.375. The lowest BCUT2D eigenvalue weighted by Gasteiger charge is -2.24. The van der Waals surface area contributed by atoms with Gasteiger partial charge in [0.1, 0.15) is 0 Å². The van der Waals surface area contributed by atoms with Crippen LogP contribution in [0.4, 0.5) is 0 Å². The second kappa shape index (κ2) is 6.10. The second-order valence-corrected chi connectivity index (χ2v) is 5.37. The Hall–Kier alpha value is -2.14. The maximum Gasteiger partial charge on any atom is 0.254 e. The molecule has 1 atom stereocenters. The average molecular weight is 284 g/mol. The van der Waals surface area contributed by atoms with Crippen LogP contribution in [0.1, 0.15) is 23.2 Å². The molecule has 1 N–H and O–H groups in total. The second-order valence-electron chi connectivity index (χ2n) is 5.37. The van der Waals surface area contributed by atoms with E-state index in [1.165, 1.54) is 0 Å². The van der Waals surface area contributed by atoms with Crippen LogP contribution in [0.5, 0.6) is 0 Å². The molecule has 1 aromatic carbocycles. The summed E-state index contributed by atoms with van der Waals surface area (Å²) in [5.74, 6) is 0.120. The molecular formula is C16H20N4O. The van der Waals surface area contributed by atoms with Crippen LogP contribution in [0, 0.1) is 0 Å². The van der Waals surface area contributed by atoms with Gasteiger partial charge in [0.2, 0.25) is 0 Å². The van der Waals surface area contributed by atoms with E-state index in [1.54, 1.807) is 12.5 Å². The number of nitrogens with zero attached hydrogens (tertiary/aromatic N) is 3. The number of aromatic nitrogens is 2. The Kier molecular flexibility index (Phi) is 4.01. The maximum atomic E-state index is 12.7. The van der Waals surface area contributed by atoms with Gasteiger partial charge in [0.15, 0.2) is 0 Å². The van der Waals surface area contributed by atoms with Gasteiger partial charge in [-0.3, -0.25) is 4.79 Å². The van der Waals surface area contributed by atoms with Crippen molar-refractivity contribution in [1.29, 1.82) is 0 Å². The van der Waals surface area contributed by atoms with Crippen LogP contribution in [0.15, 0.2) is 43.0 Å². The molecule has 0 unspecified atom stereocenters. The molecular weight excluding hydrogens is 264 g/mol. The van der Waals surface area contributed by atoms with E-state index >= 15 is 0 Å². The summed E-state index contributed by atoms with van der Waals surface area (Å²) in [5, 5.41) is 3.17. The number of likely N-dealkylation sites (tertiary alicyclic amines) is 1. The predicted octanol–water partition coefficient (Wildman–Crippen LogP) is 1.70. The first-order chi connectivity index (χ1) is 10.3. The molecule has 1 fully saturated rings. The Bertz CT molecular complexity index is 608. The van der Waals surface area contributed by atoms with Gasteiger partial charge in [-0.05, 0) is 38.1 Å². The van der Waals surface area contributed by atoms with E-state index in [4.69, 9.17) is 0 Å². The molecule has 1 saturated heterocycles. The van der Waals surface area contributed by atoms with Crippen molar-refractivity contribution in [2.24, 2.45) is 0 Å². The van der Waals surface area contributed by atoms with E-state index in [0.29, 0.717) is 6.04 Å². The van der Waals surface area contributed by atoms with Crippen LogP contribution >= 0.6 is 0 Å². The van der Waals surface area contributed by atoms with Crippen molar-refractivity contribution >= 4 is 5.91 Å². The average Bonchev–Trinajstić information content (AvgIpc) is 3.18. The molecule has 3 rings (SSSR count). The molecule has 0 spiro atoms.